The van der Waals surface area contributed by atoms with E-state index in [0.29, 0.717) is 0 Å². The Kier molecular flexibility index (Phi) is 5.11. The summed E-state index contributed by atoms with van der Waals surface area (Å²) < 4.78 is 26.1. The van der Waals surface area contributed by atoms with E-state index in [2.05, 4.69) is 5.32 Å². The quantitative estimate of drug-likeness (QED) is 0.904. The van der Waals surface area contributed by atoms with E-state index in [0.717, 1.165) is 12.1 Å². The number of benzene rings is 2. The molecule has 116 valence electrons. The Hall–Kier alpha value is -1.98. The molecule has 0 aliphatic carbocycles. The lowest BCUT2D eigenvalue weighted by Gasteiger charge is -2.21. The third-order valence-corrected chi connectivity index (χ3v) is 3.57. The smallest absolute Gasteiger partial charge is 0.253 e. The van der Waals surface area contributed by atoms with Crippen LogP contribution in [0.5, 0.6) is 0 Å². The predicted octanol–water partition coefficient (Wildman–Crippen LogP) is 3.47. The van der Waals surface area contributed by atoms with Crippen molar-refractivity contribution in [3.05, 3.63) is 70.2 Å². The van der Waals surface area contributed by atoms with Crippen molar-refractivity contribution in [1.29, 1.82) is 0 Å². The molecule has 2 rings (SSSR count). The molecule has 2 aromatic rings. The minimum Gasteiger partial charge on any atom is -0.386 e. The van der Waals surface area contributed by atoms with E-state index in [-0.39, 0.29) is 16.1 Å². The van der Waals surface area contributed by atoms with Gasteiger partial charge in [0.2, 0.25) is 0 Å². The number of aliphatic hydroxyl groups excluding tert-OH is 1. The molecule has 0 bridgehead atoms. The van der Waals surface area contributed by atoms with Gasteiger partial charge in [-0.05, 0) is 36.8 Å². The minimum absolute atomic E-state index is 0.172. The highest BCUT2D eigenvalue weighted by atomic mass is 35.5. The number of aliphatic hydroxyl groups is 1. The fraction of sp³-hybridized carbons (Fsp3) is 0.188. The second kappa shape index (κ2) is 6.85. The number of hydrogen-bond donors (Lipinski definition) is 2. The SMILES string of the molecule is CC(NC(=O)c1ccccc1Cl)C(O)c1ccc(F)c(F)c1. The monoisotopic (exact) mass is 325 g/mol. The van der Waals surface area contributed by atoms with Crippen molar-refractivity contribution >= 4 is 17.5 Å². The molecule has 0 radical (unpaired) electrons. The van der Waals surface area contributed by atoms with Crippen LogP contribution < -0.4 is 5.32 Å². The Balaban J connectivity index is 2.11. The van der Waals surface area contributed by atoms with Crippen LogP contribution in [0.3, 0.4) is 0 Å². The predicted molar refractivity (Wildman–Crippen MR) is 79.7 cm³/mol. The lowest BCUT2D eigenvalue weighted by molar-refractivity contribution is 0.0851. The van der Waals surface area contributed by atoms with E-state index in [1.165, 1.54) is 6.07 Å². The summed E-state index contributed by atoms with van der Waals surface area (Å²) in [6, 6.07) is 8.86. The van der Waals surface area contributed by atoms with Crippen LogP contribution in [-0.4, -0.2) is 17.1 Å². The molecule has 2 aromatic carbocycles. The van der Waals surface area contributed by atoms with Crippen LogP contribution in [0.1, 0.15) is 28.9 Å². The topological polar surface area (TPSA) is 49.3 Å². The Bertz CT molecular complexity index is 694. The highest BCUT2D eigenvalue weighted by Crippen LogP contribution is 2.20. The van der Waals surface area contributed by atoms with Crippen molar-refractivity contribution in [3.8, 4) is 0 Å². The fourth-order valence-electron chi connectivity index (χ4n) is 1.99. The second-order valence-electron chi connectivity index (χ2n) is 4.86. The summed E-state index contributed by atoms with van der Waals surface area (Å²) in [6.45, 7) is 1.56. The van der Waals surface area contributed by atoms with Crippen molar-refractivity contribution in [2.24, 2.45) is 0 Å². The molecule has 0 saturated heterocycles. The molecule has 2 atom stereocenters. The average Bonchev–Trinajstić information content (AvgIpc) is 2.49. The van der Waals surface area contributed by atoms with Crippen molar-refractivity contribution in [2.45, 2.75) is 19.1 Å². The number of nitrogens with one attached hydrogen (secondary N) is 1. The van der Waals surface area contributed by atoms with Gasteiger partial charge in [-0.1, -0.05) is 29.8 Å². The van der Waals surface area contributed by atoms with Gasteiger partial charge in [0, 0.05) is 0 Å². The first-order valence-electron chi connectivity index (χ1n) is 6.58. The number of hydrogen-bond acceptors (Lipinski definition) is 2. The van der Waals surface area contributed by atoms with Gasteiger partial charge < -0.3 is 10.4 Å². The minimum atomic E-state index is -1.18. The van der Waals surface area contributed by atoms with Crippen molar-refractivity contribution in [1.82, 2.24) is 5.32 Å². The molecule has 6 heteroatoms. The Morgan fingerprint density at radius 2 is 1.86 bits per heavy atom. The maximum atomic E-state index is 13.2. The maximum Gasteiger partial charge on any atom is 0.253 e. The van der Waals surface area contributed by atoms with Crippen molar-refractivity contribution in [3.63, 3.8) is 0 Å². The Morgan fingerprint density at radius 1 is 1.18 bits per heavy atom. The molecular weight excluding hydrogens is 312 g/mol. The van der Waals surface area contributed by atoms with Gasteiger partial charge in [-0.3, -0.25) is 4.79 Å². The molecule has 22 heavy (non-hydrogen) atoms. The second-order valence-corrected chi connectivity index (χ2v) is 5.27. The van der Waals surface area contributed by atoms with E-state index < -0.39 is 29.7 Å². The molecule has 0 aliphatic heterocycles. The van der Waals surface area contributed by atoms with Gasteiger partial charge in [0.05, 0.1) is 22.7 Å². The molecule has 0 aliphatic rings. The summed E-state index contributed by atoms with van der Waals surface area (Å²) in [7, 11) is 0. The largest absolute Gasteiger partial charge is 0.386 e. The number of halogens is 3. The van der Waals surface area contributed by atoms with E-state index in [1.54, 1.807) is 31.2 Å². The molecule has 1 amide bonds. The maximum absolute atomic E-state index is 13.2. The van der Waals surface area contributed by atoms with Gasteiger partial charge in [0.1, 0.15) is 0 Å². The summed E-state index contributed by atoms with van der Waals surface area (Å²) in [5.41, 5.74) is 0.444. The van der Waals surface area contributed by atoms with E-state index in [1.807, 2.05) is 0 Å². The van der Waals surface area contributed by atoms with Gasteiger partial charge >= 0.3 is 0 Å². The highest BCUT2D eigenvalue weighted by Gasteiger charge is 2.21. The van der Waals surface area contributed by atoms with Crippen LogP contribution in [0.15, 0.2) is 42.5 Å². The van der Waals surface area contributed by atoms with Crippen molar-refractivity contribution < 1.29 is 18.7 Å². The normalized spacial score (nSPS) is 13.5. The van der Waals surface area contributed by atoms with Crippen molar-refractivity contribution in [2.75, 3.05) is 0 Å². The Morgan fingerprint density at radius 3 is 2.50 bits per heavy atom. The van der Waals surface area contributed by atoms with Gasteiger partial charge in [0.15, 0.2) is 11.6 Å². The molecule has 0 fully saturated rings. The van der Waals surface area contributed by atoms with Crippen LogP contribution in [0, 0.1) is 11.6 Å². The molecule has 2 N–H and O–H groups in total. The molecular formula is C16H14ClF2NO2. The van der Waals surface area contributed by atoms with Gasteiger partial charge in [-0.25, -0.2) is 8.78 Å². The summed E-state index contributed by atoms with van der Waals surface area (Å²) in [4.78, 5) is 12.1. The summed E-state index contributed by atoms with van der Waals surface area (Å²) in [6.07, 6.45) is -1.18. The molecule has 0 saturated carbocycles. The third-order valence-electron chi connectivity index (χ3n) is 3.24. The lowest BCUT2D eigenvalue weighted by atomic mass is 10.0. The lowest BCUT2D eigenvalue weighted by Crippen LogP contribution is -2.37. The van der Waals surface area contributed by atoms with E-state index >= 15 is 0 Å². The number of carbonyl (C=O) groups is 1. The van der Waals surface area contributed by atoms with Gasteiger partial charge in [0.25, 0.3) is 5.91 Å². The van der Waals surface area contributed by atoms with Gasteiger partial charge in [-0.2, -0.15) is 0 Å². The number of amides is 1. The summed E-state index contributed by atoms with van der Waals surface area (Å²) >= 11 is 5.92. The van der Waals surface area contributed by atoms with Gasteiger partial charge in [-0.15, -0.1) is 0 Å². The first-order valence-corrected chi connectivity index (χ1v) is 6.96. The molecule has 2 unspecified atom stereocenters. The third kappa shape index (κ3) is 3.61. The van der Waals surface area contributed by atoms with E-state index in [9.17, 15) is 18.7 Å². The zero-order valence-corrected chi connectivity index (χ0v) is 12.4. The number of carbonyl (C=O) groups excluding carboxylic acids is 1. The summed E-state index contributed by atoms with van der Waals surface area (Å²) in [5.74, 6) is -2.51. The number of rotatable bonds is 4. The Labute approximate surface area is 131 Å². The molecule has 0 heterocycles. The summed E-state index contributed by atoms with van der Waals surface area (Å²) in [5, 5.41) is 13.0. The molecule has 0 spiro atoms. The zero-order chi connectivity index (χ0) is 16.3. The van der Waals surface area contributed by atoms with Crippen LogP contribution >= 0.6 is 11.6 Å². The molecule has 3 nitrogen and oxygen atoms in total. The van der Waals surface area contributed by atoms with Crippen LogP contribution in [0.2, 0.25) is 5.02 Å². The first-order chi connectivity index (χ1) is 10.4. The average molecular weight is 326 g/mol. The highest BCUT2D eigenvalue weighted by molar-refractivity contribution is 6.33. The first kappa shape index (κ1) is 16.4. The fourth-order valence-corrected chi connectivity index (χ4v) is 2.22. The van der Waals surface area contributed by atoms with E-state index in [4.69, 9.17) is 11.6 Å². The zero-order valence-electron chi connectivity index (χ0n) is 11.7. The van der Waals surface area contributed by atoms with Crippen LogP contribution in [0.4, 0.5) is 8.78 Å². The van der Waals surface area contributed by atoms with Crippen LogP contribution in [0.25, 0.3) is 0 Å². The van der Waals surface area contributed by atoms with Crippen LogP contribution in [-0.2, 0) is 0 Å². The molecule has 0 aromatic heterocycles. The standard InChI is InChI=1S/C16H14ClF2NO2/c1-9(15(21)10-6-7-13(18)14(19)8-10)20-16(22)11-4-2-3-5-12(11)17/h2-9,15,21H,1H3,(H,20,22).